The van der Waals surface area contributed by atoms with E-state index in [4.69, 9.17) is 20.2 Å². The third-order valence-electron chi connectivity index (χ3n) is 2.63. The van der Waals surface area contributed by atoms with Crippen LogP contribution in [0, 0.1) is 6.92 Å². The van der Waals surface area contributed by atoms with Crippen molar-refractivity contribution in [1.82, 2.24) is 5.32 Å². The molecule has 0 radical (unpaired) electrons. The number of hydrogen-bond donors (Lipinski definition) is 1. The summed E-state index contributed by atoms with van der Waals surface area (Å²) < 4.78 is 32.6. The second-order valence-corrected chi connectivity index (χ2v) is 6.92. The molecule has 6 nitrogen and oxygen atoms in total. The maximum Gasteiger partial charge on any atom is 0.261 e. The number of benzene rings is 1. The minimum absolute atomic E-state index is 0.00182. The molecule has 1 aromatic rings. The second kappa shape index (κ2) is 8.21. The molecule has 0 aromatic heterocycles. The van der Waals surface area contributed by atoms with Gasteiger partial charge in [-0.05, 0) is 37.1 Å². The van der Waals surface area contributed by atoms with E-state index in [9.17, 15) is 13.2 Å². The summed E-state index contributed by atoms with van der Waals surface area (Å²) >= 11 is 0. The number of hydrogen-bond acceptors (Lipinski definition) is 5. The van der Waals surface area contributed by atoms with Gasteiger partial charge >= 0.3 is 0 Å². The Morgan fingerprint density at radius 1 is 1.38 bits per heavy atom. The maximum atomic E-state index is 11.5. The lowest BCUT2D eigenvalue weighted by molar-refractivity contribution is -0.123. The Morgan fingerprint density at radius 3 is 2.67 bits per heavy atom. The van der Waals surface area contributed by atoms with Gasteiger partial charge in [0.05, 0.1) is 4.90 Å². The summed E-state index contributed by atoms with van der Waals surface area (Å²) in [6.07, 6.45) is 0.726. The lowest BCUT2D eigenvalue weighted by Crippen LogP contribution is -2.30. The number of rotatable bonds is 8. The number of carbonyl (C=O) groups is 1. The van der Waals surface area contributed by atoms with E-state index in [2.05, 4.69) is 5.32 Å². The Labute approximate surface area is 128 Å². The van der Waals surface area contributed by atoms with Gasteiger partial charge in [0.25, 0.3) is 15.0 Å². The zero-order valence-corrected chi connectivity index (χ0v) is 13.5. The Balaban J connectivity index is 2.51. The number of ether oxygens (including phenoxy) is 2. The van der Waals surface area contributed by atoms with E-state index >= 15 is 0 Å². The maximum absolute atomic E-state index is 11.5. The van der Waals surface area contributed by atoms with Gasteiger partial charge < -0.3 is 14.8 Å². The van der Waals surface area contributed by atoms with Gasteiger partial charge in [-0.3, -0.25) is 4.79 Å². The second-order valence-electron chi connectivity index (χ2n) is 4.35. The first-order chi connectivity index (χ1) is 9.84. The van der Waals surface area contributed by atoms with Crippen LogP contribution in [0.1, 0.15) is 12.0 Å². The van der Waals surface area contributed by atoms with Crippen LogP contribution in [0.5, 0.6) is 5.75 Å². The Morgan fingerprint density at radius 2 is 2.10 bits per heavy atom. The third-order valence-corrected chi connectivity index (χ3v) is 3.99. The van der Waals surface area contributed by atoms with E-state index < -0.39 is 9.05 Å². The normalized spacial score (nSPS) is 11.2. The first-order valence-electron chi connectivity index (χ1n) is 6.28. The largest absolute Gasteiger partial charge is 0.484 e. The molecule has 0 aliphatic heterocycles. The van der Waals surface area contributed by atoms with Crippen molar-refractivity contribution in [3.63, 3.8) is 0 Å². The molecule has 0 bridgehead atoms. The van der Waals surface area contributed by atoms with Crippen molar-refractivity contribution in [3.8, 4) is 5.75 Å². The van der Waals surface area contributed by atoms with Crippen LogP contribution >= 0.6 is 10.7 Å². The topological polar surface area (TPSA) is 81.7 Å². The highest BCUT2D eigenvalue weighted by Gasteiger charge is 2.12. The van der Waals surface area contributed by atoms with Crippen molar-refractivity contribution in [2.75, 3.05) is 26.9 Å². The van der Waals surface area contributed by atoms with Crippen LogP contribution in [0.2, 0.25) is 0 Å². The number of methoxy groups -OCH3 is 1. The minimum atomic E-state index is -3.77. The highest BCUT2D eigenvalue weighted by Crippen LogP contribution is 2.23. The van der Waals surface area contributed by atoms with Crippen molar-refractivity contribution < 1.29 is 22.7 Å². The summed E-state index contributed by atoms with van der Waals surface area (Å²) in [4.78, 5) is 11.5. The molecular weight excluding hydrogens is 318 g/mol. The summed E-state index contributed by atoms with van der Waals surface area (Å²) in [5.74, 6) is 0.186. The van der Waals surface area contributed by atoms with E-state index in [1.807, 2.05) is 0 Å². The molecular formula is C13H18ClNO5S. The van der Waals surface area contributed by atoms with Crippen LogP contribution in [0.3, 0.4) is 0 Å². The zero-order chi connectivity index (χ0) is 15.9. The standard InChI is InChI=1S/C13H18ClNO5S/c1-10-8-11(21(14,17)18)4-5-12(10)20-9-13(16)15-6-3-7-19-2/h4-5,8H,3,6-7,9H2,1-2H3,(H,15,16). The predicted octanol–water partition coefficient (Wildman–Crippen LogP) is 1.45. The minimum Gasteiger partial charge on any atom is -0.484 e. The molecule has 0 aliphatic rings. The van der Waals surface area contributed by atoms with Gasteiger partial charge in [-0.25, -0.2) is 8.42 Å². The van der Waals surface area contributed by atoms with E-state index in [0.29, 0.717) is 24.5 Å². The monoisotopic (exact) mass is 335 g/mol. The lowest BCUT2D eigenvalue weighted by Gasteiger charge is -2.10. The van der Waals surface area contributed by atoms with Gasteiger partial charge in [-0.2, -0.15) is 0 Å². The molecule has 21 heavy (non-hydrogen) atoms. The van der Waals surface area contributed by atoms with Gasteiger partial charge in [0, 0.05) is 30.9 Å². The van der Waals surface area contributed by atoms with Crippen LogP contribution in [0.15, 0.2) is 23.1 Å². The SMILES string of the molecule is COCCCNC(=O)COc1ccc(S(=O)(=O)Cl)cc1C. The molecule has 0 aliphatic carbocycles. The fraction of sp³-hybridized carbons (Fsp3) is 0.462. The van der Waals surface area contributed by atoms with Crippen LogP contribution in [-0.4, -0.2) is 41.2 Å². The molecule has 0 saturated carbocycles. The summed E-state index contributed by atoms with van der Waals surface area (Å²) in [7, 11) is 3.08. The van der Waals surface area contributed by atoms with E-state index in [-0.39, 0.29) is 17.4 Å². The van der Waals surface area contributed by atoms with Crippen molar-refractivity contribution in [1.29, 1.82) is 0 Å². The summed E-state index contributed by atoms with van der Waals surface area (Å²) in [5.41, 5.74) is 0.587. The number of carbonyl (C=O) groups excluding carboxylic acids is 1. The number of nitrogens with one attached hydrogen (secondary N) is 1. The lowest BCUT2D eigenvalue weighted by atomic mass is 10.2. The molecule has 1 amide bonds. The van der Waals surface area contributed by atoms with Gasteiger partial charge in [-0.15, -0.1) is 0 Å². The fourth-order valence-electron chi connectivity index (χ4n) is 1.57. The van der Waals surface area contributed by atoms with Crippen molar-refractivity contribution in [2.45, 2.75) is 18.2 Å². The van der Waals surface area contributed by atoms with Crippen LogP contribution < -0.4 is 10.1 Å². The van der Waals surface area contributed by atoms with E-state index in [1.165, 1.54) is 18.2 Å². The van der Waals surface area contributed by atoms with Gasteiger partial charge in [0.15, 0.2) is 6.61 Å². The van der Waals surface area contributed by atoms with Crippen LogP contribution in [0.25, 0.3) is 0 Å². The molecule has 0 fully saturated rings. The Kier molecular flexibility index (Phi) is 6.94. The average Bonchev–Trinajstić information content (AvgIpc) is 2.41. The molecule has 118 valence electrons. The highest BCUT2D eigenvalue weighted by atomic mass is 35.7. The molecule has 0 spiro atoms. The van der Waals surface area contributed by atoms with Crippen LogP contribution in [0.4, 0.5) is 0 Å². The van der Waals surface area contributed by atoms with Crippen molar-refractivity contribution in [2.24, 2.45) is 0 Å². The zero-order valence-electron chi connectivity index (χ0n) is 11.9. The van der Waals surface area contributed by atoms with Crippen LogP contribution in [-0.2, 0) is 18.6 Å². The Bertz CT molecular complexity index is 588. The van der Waals surface area contributed by atoms with Crippen molar-refractivity contribution >= 4 is 25.6 Å². The quantitative estimate of drug-likeness (QED) is 0.574. The molecule has 1 rings (SSSR count). The summed E-state index contributed by atoms with van der Waals surface area (Å²) in [6.45, 7) is 2.63. The van der Waals surface area contributed by atoms with E-state index in [0.717, 1.165) is 6.42 Å². The molecule has 0 unspecified atom stereocenters. The van der Waals surface area contributed by atoms with Gasteiger partial charge in [0.2, 0.25) is 0 Å². The summed E-state index contributed by atoms with van der Waals surface area (Å²) in [6, 6.07) is 4.21. The fourth-order valence-corrected chi connectivity index (χ4v) is 2.41. The summed E-state index contributed by atoms with van der Waals surface area (Å²) in [5, 5.41) is 2.68. The van der Waals surface area contributed by atoms with Gasteiger partial charge in [0.1, 0.15) is 5.75 Å². The van der Waals surface area contributed by atoms with E-state index in [1.54, 1.807) is 14.0 Å². The van der Waals surface area contributed by atoms with Gasteiger partial charge in [-0.1, -0.05) is 0 Å². The molecule has 0 atom stereocenters. The third kappa shape index (κ3) is 6.33. The number of halogens is 1. The molecule has 8 heteroatoms. The smallest absolute Gasteiger partial charge is 0.261 e. The molecule has 1 N–H and O–H groups in total. The molecule has 0 heterocycles. The first kappa shape index (κ1) is 17.7. The molecule has 0 saturated heterocycles. The molecule has 1 aromatic carbocycles. The predicted molar refractivity (Wildman–Crippen MR) is 79.2 cm³/mol. The number of aryl methyl sites for hydroxylation is 1. The Hall–Kier alpha value is -1.31. The highest BCUT2D eigenvalue weighted by molar-refractivity contribution is 8.13. The average molecular weight is 336 g/mol. The number of amides is 1. The van der Waals surface area contributed by atoms with Crippen molar-refractivity contribution in [3.05, 3.63) is 23.8 Å². The first-order valence-corrected chi connectivity index (χ1v) is 8.59.